The summed E-state index contributed by atoms with van der Waals surface area (Å²) >= 11 is 1.35. The van der Waals surface area contributed by atoms with E-state index in [1.807, 2.05) is 12.1 Å². The zero-order chi connectivity index (χ0) is 19.2. The van der Waals surface area contributed by atoms with Crippen molar-refractivity contribution >= 4 is 22.5 Å². The highest BCUT2D eigenvalue weighted by molar-refractivity contribution is 7.15. The summed E-state index contributed by atoms with van der Waals surface area (Å²) in [7, 11) is 1.53. The van der Waals surface area contributed by atoms with Crippen molar-refractivity contribution in [2.24, 2.45) is 0 Å². The lowest BCUT2D eigenvalue weighted by Crippen LogP contribution is -2.28. The fourth-order valence-electron chi connectivity index (χ4n) is 2.45. The number of amides is 2. The number of nitrogens with zero attached hydrogens (tertiary/aromatic N) is 2. The van der Waals surface area contributed by atoms with Crippen LogP contribution >= 0.6 is 11.3 Å². The number of nitrogens with one attached hydrogen (secondary N) is 2. The Labute approximate surface area is 160 Å². The van der Waals surface area contributed by atoms with Gasteiger partial charge in [0.25, 0.3) is 0 Å². The van der Waals surface area contributed by atoms with E-state index in [4.69, 9.17) is 4.74 Å². The molecule has 0 radical (unpaired) electrons. The molecule has 2 amide bonds. The molecule has 27 heavy (non-hydrogen) atoms. The van der Waals surface area contributed by atoms with Crippen molar-refractivity contribution in [1.82, 2.24) is 15.3 Å². The van der Waals surface area contributed by atoms with Crippen LogP contribution in [0.2, 0.25) is 0 Å². The van der Waals surface area contributed by atoms with Crippen LogP contribution in [-0.4, -0.2) is 23.1 Å². The maximum absolute atomic E-state index is 13.6. The van der Waals surface area contributed by atoms with E-state index in [1.54, 1.807) is 31.5 Å². The van der Waals surface area contributed by atoms with Gasteiger partial charge in [0.15, 0.2) is 5.13 Å². The predicted molar refractivity (Wildman–Crippen MR) is 103 cm³/mol. The number of urea groups is 1. The lowest BCUT2D eigenvalue weighted by Gasteiger charge is -2.08. The first-order valence-corrected chi connectivity index (χ1v) is 9.09. The van der Waals surface area contributed by atoms with Crippen molar-refractivity contribution in [2.45, 2.75) is 19.9 Å². The quantitative estimate of drug-likeness (QED) is 0.674. The molecule has 0 aliphatic carbocycles. The van der Waals surface area contributed by atoms with Gasteiger partial charge in [-0.3, -0.25) is 5.32 Å². The van der Waals surface area contributed by atoms with Crippen LogP contribution < -0.4 is 15.4 Å². The summed E-state index contributed by atoms with van der Waals surface area (Å²) in [6.45, 7) is 2.01. The first-order valence-electron chi connectivity index (χ1n) is 8.27. The van der Waals surface area contributed by atoms with Crippen molar-refractivity contribution in [3.8, 4) is 5.88 Å². The third-order valence-corrected chi connectivity index (χ3v) is 4.78. The summed E-state index contributed by atoms with van der Waals surface area (Å²) in [5.41, 5.74) is 2.25. The van der Waals surface area contributed by atoms with Gasteiger partial charge in [-0.1, -0.05) is 18.2 Å². The monoisotopic (exact) mass is 386 g/mol. The highest BCUT2D eigenvalue weighted by Gasteiger charge is 2.09. The average Bonchev–Trinajstić information content (AvgIpc) is 3.10. The molecule has 3 rings (SSSR count). The summed E-state index contributed by atoms with van der Waals surface area (Å²) in [5, 5.41) is 5.92. The molecule has 140 valence electrons. The van der Waals surface area contributed by atoms with Gasteiger partial charge in [-0.25, -0.2) is 19.2 Å². The molecule has 1 aromatic carbocycles. The van der Waals surface area contributed by atoms with Gasteiger partial charge in [0.2, 0.25) is 5.88 Å². The number of benzene rings is 1. The minimum atomic E-state index is -0.372. The van der Waals surface area contributed by atoms with Crippen molar-refractivity contribution < 1.29 is 13.9 Å². The van der Waals surface area contributed by atoms with Gasteiger partial charge >= 0.3 is 6.03 Å². The Hall–Kier alpha value is -3.00. The second-order valence-electron chi connectivity index (χ2n) is 5.87. The average molecular weight is 386 g/mol. The molecule has 0 spiro atoms. The standard InChI is InChI=1S/C19H19FN4O2S/c1-12-5-6-13(9-16(12)20)8-15-11-23-19(27-15)24-18(25)22-10-14-4-3-7-21-17(14)26-2/h3-7,9,11H,8,10H2,1-2H3,(H2,22,23,24,25). The van der Waals surface area contributed by atoms with Crippen molar-refractivity contribution in [2.75, 3.05) is 12.4 Å². The smallest absolute Gasteiger partial charge is 0.321 e. The Morgan fingerprint density at radius 1 is 1.30 bits per heavy atom. The van der Waals surface area contributed by atoms with Gasteiger partial charge < -0.3 is 10.1 Å². The normalized spacial score (nSPS) is 10.5. The molecule has 2 heterocycles. The molecular formula is C19H19FN4O2S. The molecule has 0 atom stereocenters. The van der Waals surface area contributed by atoms with Crippen molar-refractivity contribution in [1.29, 1.82) is 0 Å². The minimum absolute atomic E-state index is 0.222. The van der Waals surface area contributed by atoms with E-state index < -0.39 is 0 Å². The first-order chi connectivity index (χ1) is 13.0. The van der Waals surface area contributed by atoms with Crippen LogP contribution in [0.5, 0.6) is 5.88 Å². The number of rotatable bonds is 6. The largest absolute Gasteiger partial charge is 0.481 e. The van der Waals surface area contributed by atoms with E-state index in [0.29, 0.717) is 23.0 Å². The fraction of sp³-hybridized carbons (Fsp3) is 0.211. The first kappa shape index (κ1) is 18.8. The van der Waals surface area contributed by atoms with Crippen LogP contribution in [0.15, 0.2) is 42.7 Å². The molecule has 2 aromatic heterocycles. The fourth-order valence-corrected chi connectivity index (χ4v) is 3.30. The number of anilines is 1. The predicted octanol–water partition coefficient (Wildman–Crippen LogP) is 3.91. The molecule has 0 saturated carbocycles. The molecular weight excluding hydrogens is 367 g/mol. The maximum atomic E-state index is 13.6. The van der Waals surface area contributed by atoms with Gasteiger partial charge in [-0.05, 0) is 30.2 Å². The Morgan fingerprint density at radius 3 is 2.93 bits per heavy atom. The van der Waals surface area contributed by atoms with Crippen LogP contribution in [0.3, 0.4) is 0 Å². The Balaban J connectivity index is 1.55. The lowest BCUT2D eigenvalue weighted by atomic mass is 10.1. The van der Waals surface area contributed by atoms with Crippen LogP contribution in [0.4, 0.5) is 14.3 Å². The van der Waals surface area contributed by atoms with Gasteiger partial charge in [0.05, 0.1) is 7.11 Å². The third kappa shape index (κ3) is 5.01. The summed E-state index contributed by atoms with van der Waals surface area (Å²) < 4.78 is 18.8. The van der Waals surface area contributed by atoms with Gasteiger partial charge in [0, 0.05) is 35.8 Å². The molecule has 3 aromatic rings. The van der Waals surface area contributed by atoms with E-state index in [2.05, 4.69) is 20.6 Å². The number of carbonyl (C=O) groups excluding carboxylic acids is 1. The van der Waals surface area contributed by atoms with E-state index >= 15 is 0 Å². The molecule has 6 nitrogen and oxygen atoms in total. The second-order valence-corrected chi connectivity index (χ2v) is 6.99. The maximum Gasteiger partial charge on any atom is 0.321 e. The van der Waals surface area contributed by atoms with E-state index in [-0.39, 0.29) is 18.4 Å². The van der Waals surface area contributed by atoms with Crippen LogP contribution in [0.1, 0.15) is 21.6 Å². The van der Waals surface area contributed by atoms with E-state index in [0.717, 1.165) is 16.0 Å². The molecule has 2 N–H and O–H groups in total. The van der Waals surface area contributed by atoms with E-state index in [9.17, 15) is 9.18 Å². The van der Waals surface area contributed by atoms with E-state index in [1.165, 1.54) is 24.5 Å². The van der Waals surface area contributed by atoms with Gasteiger partial charge in [-0.2, -0.15) is 0 Å². The van der Waals surface area contributed by atoms with Crippen LogP contribution in [-0.2, 0) is 13.0 Å². The van der Waals surface area contributed by atoms with Crippen LogP contribution in [0, 0.1) is 12.7 Å². The zero-order valence-electron chi connectivity index (χ0n) is 15.0. The number of aryl methyl sites for hydroxylation is 1. The van der Waals surface area contributed by atoms with Crippen molar-refractivity contribution in [3.63, 3.8) is 0 Å². The number of pyridine rings is 1. The zero-order valence-corrected chi connectivity index (χ0v) is 15.8. The number of methoxy groups -OCH3 is 1. The molecule has 0 aliphatic rings. The number of thiazole rings is 1. The van der Waals surface area contributed by atoms with Gasteiger partial charge in [-0.15, -0.1) is 11.3 Å². The Morgan fingerprint density at radius 2 is 2.15 bits per heavy atom. The van der Waals surface area contributed by atoms with Crippen LogP contribution in [0.25, 0.3) is 0 Å². The number of halogens is 1. The Bertz CT molecular complexity index is 945. The molecule has 0 bridgehead atoms. The number of aromatic nitrogens is 2. The topological polar surface area (TPSA) is 76.1 Å². The van der Waals surface area contributed by atoms with Crippen molar-refractivity contribution in [3.05, 3.63) is 70.1 Å². The molecule has 0 fully saturated rings. The molecule has 0 unspecified atom stereocenters. The summed E-state index contributed by atoms with van der Waals surface area (Å²) in [6, 6.07) is 8.40. The minimum Gasteiger partial charge on any atom is -0.481 e. The molecule has 0 aliphatic heterocycles. The highest BCUT2D eigenvalue weighted by Crippen LogP contribution is 2.22. The third-order valence-electron chi connectivity index (χ3n) is 3.87. The summed E-state index contributed by atoms with van der Waals surface area (Å²) in [4.78, 5) is 21.3. The SMILES string of the molecule is COc1ncccc1CNC(=O)Nc1ncc(Cc2ccc(C)c(F)c2)s1. The van der Waals surface area contributed by atoms with Gasteiger partial charge in [0.1, 0.15) is 5.82 Å². The molecule has 0 saturated heterocycles. The number of hydrogen-bond donors (Lipinski definition) is 2. The number of carbonyl (C=O) groups is 1. The number of ether oxygens (including phenoxy) is 1. The number of hydrogen-bond acceptors (Lipinski definition) is 5. The highest BCUT2D eigenvalue weighted by atomic mass is 32.1. The Kier molecular flexibility index (Phi) is 5.97. The second kappa shape index (κ2) is 8.59. The molecule has 8 heteroatoms. The summed E-state index contributed by atoms with van der Waals surface area (Å²) in [6.07, 6.45) is 3.87. The summed E-state index contributed by atoms with van der Waals surface area (Å²) in [5.74, 6) is 0.250. The lowest BCUT2D eigenvalue weighted by molar-refractivity contribution is 0.251.